The van der Waals surface area contributed by atoms with Crippen molar-refractivity contribution in [1.29, 1.82) is 0 Å². The highest BCUT2D eigenvalue weighted by molar-refractivity contribution is 6.32. The molecule has 1 aromatic rings. The van der Waals surface area contributed by atoms with Gasteiger partial charge in [-0.3, -0.25) is 0 Å². The molecule has 0 spiro atoms. The Kier molecular flexibility index (Phi) is 3.89. The maximum absolute atomic E-state index is 6.00. The Balaban J connectivity index is 2.86. The smallest absolute Gasteiger partial charge is 0.119 e. The van der Waals surface area contributed by atoms with Crippen molar-refractivity contribution in [3.63, 3.8) is 0 Å². The van der Waals surface area contributed by atoms with E-state index in [1.54, 1.807) is 0 Å². The molecule has 0 aliphatic heterocycles. The lowest BCUT2D eigenvalue weighted by Gasteiger charge is -2.08. The van der Waals surface area contributed by atoms with E-state index in [4.69, 9.17) is 27.9 Å². The zero-order valence-corrected chi connectivity index (χ0v) is 9.24. The summed E-state index contributed by atoms with van der Waals surface area (Å²) in [5.74, 6) is 1.33. The molecule has 0 N–H and O–H groups in total. The molecule has 72 valence electrons. The van der Waals surface area contributed by atoms with Crippen molar-refractivity contribution in [2.45, 2.75) is 13.8 Å². The lowest BCUT2D eigenvalue weighted by molar-refractivity contribution is 0.342. The molecule has 0 atom stereocenters. The van der Waals surface area contributed by atoms with Gasteiger partial charge in [-0.2, -0.15) is 0 Å². The topological polar surface area (TPSA) is 9.23 Å². The molecule has 0 radical (unpaired) electrons. The molecule has 1 aromatic carbocycles. The second-order valence-electron chi connectivity index (χ2n) is 2.91. The first-order chi connectivity index (χ1) is 6.15. The molecular weight excluding hydrogens is 207 g/mol. The average Bonchev–Trinajstić information content (AvgIpc) is 2.10. The summed E-state index contributed by atoms with van der Waals surface area (Å²) in [6.45, 7) is 4.45. The number of halogens is 2. The summed E-state index contributed by atoms with van der Waals surface area (Å²) < 4.78 is 5.38. The van der Waals surface area contributed by atoms with Crippen LogP contribution in [-0.4, -0.2) is 12.5 Å². The molecule has 3 heteroatoms. The number of aryl methyl sites for hydroxylation is 2. The summed E-state index contributed by atoms with van der Waals surface area (Å²) in [7, 11) is 0. The molecule has 0 aliphatic carbocycles. The van der Waals surface area contributed by atoms with Crippen molar-refractivity contribution < 1.29 is 4.74 Å². The lowest BCUT2D eigenvalue weighted by Crippen LogP contribution is -1.98. The van der Waals surface area contributed by atoms with E-state index >= 15 is 0 Å². The van der Waals surface area contributed by atoms with E-state index in [1.165, 1.54) is 0 Å². The molecule has 0 saturated carbocycles. The standard InChI is InChI=1S/C10H12Cl2O/c1-7-5-9(13-4-3-11)6-8(2)10(7)12/h5-6H,3-4H2,1-2H3. The predicted octanol–water partition coefficient (Wildman–Crippen LogP) is 3.57. The van der Waals surface area contributed by atoms with Crippen LogP contribution < -0.4 is 4.74 Å². The number of hydrogen-bond donors (Lipinski definition) is 0. The van der Waals surface area contributed by atoms with Gasteiger partial charge in [0.1, 0.15) is 12.4 Å². The Hall–Kier alpha value is -0.400. The summed E-state index contributed by atoms with van der Waals surface area (Å²) in [4.78, 5) is 0. The van der Waals surface area contributed by atoms with Gasteiger partial charge in [0, 0.05) is 5.02 Å². The molecule has 0 bridgehead atoms. The van der Waals surface area contributed by atoms with E-state index in [1.807, 2.05) is 26.0 Å². The minimum absolute atomic E-state index is 0.501. The van der Waals surface area contributed by atoms with E-state index in [0.717, 1.165) is 21.9 Å². The van der Waals surface area contributed by atoms with E-state index < -0.39 is 0 Å². The van der Waals surface area contributed by atoms with Crippen LogP contribution in [0.25, 0.3) is 0 Å². The molecule has 0 unspecified atom stereocenters. The summed E-state index contributed by atoms with van der Waals surface area (Å²) in [5, 5.41) is 0.804. The number of alkyl halides is 1. The first-order valence-electron chi connectivity index (χ1n) is 4.10. The molecule has 13 heavy (non-hydrogen) atoms. The van der Waals surface area contributed by atoms with Gasteiger partial charge in [0.25, 0.3) is 0 Å². The Labute approximate surface area is 88.6 Å². The van der Waals surface area contributed by atoms with Gasteiger partial charge < -0.3 is 4.74 Å². The Bertz CT molecular complexity index is 274. The van der Waals surface area contributed by atoms with Crippen molar-refractivity contribution in [3.8, 4) is 5.75 Å². The van der Waals surface area contributed by atoms with Crippen LogP contribution in [-0.2, 0) is 0 Å². The van der Waals surface area contributed by atoms with Gasteiger partial charge >= 0.3 is 0 Å². The van der Waals surface area contributed by atoms with E-state index in [-0.39, 0.29) is 0 Å². The quantitative estimate of drug-likeness (QED) is 0.706. The van der Waals surface area contributed by atoms with Crippen molar-refractivity contribution in [1.82, 2.24) is 0 Å². The van der Waals surface area contributed by atoms with Crippen LogP contribution in [0.4, 0.5) is 0 Å². The third-order valence-corrected chi connectivity index (χ3v) is 2.51. The molecule has 0 saturated heterocycles. The highest BCUT2D eigenvalue weighted by atomic mass is 35.5. The highest BCUT2D eigenvalue weighted by Gasteiger charge is 2.02. The van der Waals surface area contributed by atoms with E-state index in [0.29, 0.717) is 12.5 Å². The number of benzene rings is 1. The molecule has 1 nitrogen and oxygen atoms in total. The first kappa shape index (κ1) is 10.7. The fraction of sp³-hybridized carbons (Fsp3) is 0.400. The van der Waals surface area contributed by atoms with Gasteiger partial charge in [0.05, 0.1) is 5.88 Å². The summed E-state index contributed by atoms with van der Waals surface area (Å²) >= 11 is 11.5. The Morgan fingerprint density at radius 3 is 2.23 bits per heavy atom. The zero-order chi connectivity index (χ0) is 9.84. The van der Waals surface area contributed by atoms with Crippen LogP contribution in [0.5, 0.6) is 5.75 Å². The maximum atomic E-state index is 6.00. The van der Waals surface area contributed by atoms with Crippen LogP contribution >= 0.6 is 23.2 Å². The first-order valence-corrected chi connectivity index (χ1v) is 5.02. The largest absolute Gasteiger partial charge is 0.492 e. The fourth-order valence-electron chi connectivity index (χ4n) is 1.15. The summed E-state index contributed by atoms with van der Waals surface area (Å²) in [6, 6.07) is 3.84. The monoisotopic (exact) mass is 218 g/mol. The average molecular weight is 219 g/mol. The molecule has 1 rings (SSSR count). The summed E-state index contributed by atoms with van der Waals surface area (Å²) in [6.07, 6.45) is 0. The maximum Gasteiger partial charge on any atom is 0.119 e. The third kappa shape index (κ3) is 2.78. The summed E-state index contributed by atoms with van der Waals surface area (Å²) in [5.41, 5.74) is 2.07. The van der Waals surface area contributed by atoms with Gasteiger partial charge in [-0.25, -0.2) is 0 Å². The second kappa shape index (κ2) is 4.73. The lowest BCUT2D eigenvalue weighted by atomic mass is 10.1. The minimum Gasteiger partial charge on any atom is -0.492 e. The zero-order valence-electron chi connectivity index (χ0n) is 7.73. The Morgan fingerprint density at radius 2 is 1.77 bits per heavy atom. The molecular formula is C10H12Cl2O. The fourth-order valence-corrected chi connectivity index (χ4v) is 1.33. The normalized spacial score (nSPS) is 10.2. The number of hydrogen-bond acceptors (Lipinski definition) is 1. The van der Waals surface area contributed by atoms with Crippen LogP contribution in [0.2, 0.25) is 5.02 Å². The van der Waals surface area contributed by atoms with Crippen molar-refractivity contribution in [3.05, 3.63) is 28.3 Å². The van der Waals surface area contributed by atoms with Crippen LogP contribution in [0.15, 0.2) is 12.1 Å². The van der Waals surface area contributed by atoms with Gasteiger partial charge in [-0.15, -0.1) is 11.6 Å². The number of ether oxygens (including phenoxy) is 1. The van der Waals surface area contributed by atoms with Gasteiger partial charge in [0.15, 0.2) is 0 Å². The van der Waals surface area contributed by atoms with Crippen molar-refractivity contribution >= 4 is 23.2 Å². The number of rotatable bonds is 3. The molecule has 0 heterocycles. The van der Waals surface area contributed by atoms with Crippen LogP contribution in [0, 0.1) is 13.8 Å². The van der Waals surface area contributed by atoms with E-state index in [2.05, 4.69) is 0 Å². The van der Waals surface area contributed by atoms with Gasteiger partial charge in [-0.05, 0) is 37.1 Å². The second-order valence-corrected chi connectivity index (χ2v) is 3.66. The van der Waals surface area contributed by atoms with Gasteiger partial charge in [-0.1, -0.05) is 11.6 Å². The SMILES string of the molecule is Cc1cc(OCCCl)cc(C)c1Cl. The molecule has 0 fully saturated rings. The van der Waals surface area contributed by atoms with E-state index in [9.17, 15) is 0 Å². The molecule has 0 aromatic heterocycles. The van der Waals surface area contributed by atoms with Crippen molar-refractivity contribution in [2.24, 2.45) is 0 Å². The van der Waals surface area contributed by atoms with Crippen LogP contribution in [0.1, 0.15) is 11.1 Å². The highest BCUT2D eigenvalue weighted by Crippen LogP contribution is 2.25. The third-order valence-electron chi connectivity index (χ3n) is 1.76. The van der Waals surface area contributed by atoms with Crippen LogP contribution in [0.3, 0.4) is 0 Å². The predicted molar refractivity (Wildman–Crippen MR) is 57.1 cm³/mol. The minimum atomic E-state index is 0.501. The molecule has 0 amide bonds. The molecule has 0 aliphatic rings. The Morgan fingerprint density at radius 1 is 1.23 bits per heavy atom. The van der Waals surface area contributed by atoms with Crippen molar-refractivity contribution in [2.75, 3.05) is 12.5 Å². The van der Waals surface area contributed by atoms with Gasteiger partial charge in [0.2, 0.25) is 0 Å².